The number of likely N-dealkylation sites (N-methyl/N-ethyl adjacent to an activating group) is 1. The molecular weight excluding hydrogens is 517 g/mol. The van der Waals surface area contributed by atoms with Gasteiger partial charge in [0.1, 0.15) is 0 Å². The number of halogens is 3. The Kier molecular flexibility index (Phi) is 7.62. The Morgan fingerprint density at radius 2 is 1.38 bits per heavy atom. The molecule has 3 aromatic rings. The van der Waals surface area contributed by atoms with E-state index in [4.69, 9.17) is 18.9 Å². The summed E-state index contributed by atoms with van der Waals surface area (Å²) in [6, 6.07) is 11.5. The molecule has 1 aliphatic rings. The lowest BCUT2D eigenvalue weighted by atomic mass is 9.79. The van der Waals surface area contributed by atoms with Crippen LogP contribution < -0.4 is 24.3 Å². The van der Waals surface area contributed by atoms with Crippen molar-refractivity contribution in [2.24, 2.45) is 0 Å². The third-order valence-electron chi connectivity index (χ3n) is 6.69. The highest BCUT2D eigenvalue weighted by molar-refractivity contribution is 6.05. The first-order chi connectivity index (χ1) is 18.5. The second-order valence-corrected chi connectivity index (χ2v) is 8.81. The van der Waals surface area contributed by atoms with E-state index in [1.165, 1.54) is 51.5 Å². The largest absolute Gasteiger partial charge is 0.493 e. The van der Waals surface area contributed by atoms with E-state index in [-0.39, 0.29) is 17.2 Å². The molecule has 2 atom stereocenters. The van der Waals surface area contributed by atoms with Crippen LogP contribution in [0, 0.1) is 0 Å². The van der Waals surface area contributed by atoms with Crippen molar-refractivity contribution in [1.29, 1.82) is 0 Å². The lowest BCUT2D eigenvalue weighted by Gasteiger charge is -2.40. The Labute approximate surface area is 223 Å². The number of nitrogens with one attached hydrogen (secondary N) is 1. The van der Waals surface area contributed by atoms with Gasteiger partial charge in [-0.05, 0) is 59.7 Å². The third-order valence-corrected chi connectivity index (χ3v) is 6.69. The molecule has 206 valence electrons. The molecule has 0 aliphatic carbocycles. The molecule has 0 unspecified atom stereocenters. The highest BCUT2D eigenvalue weighted by atomic mass is 19.4. The molecule has 0 radical (unpaired) electrons. The first-order valence-electron chi connectivity index (χ1n) is 11.8. The molecule has 2 amide bonds. The van der Waals surface area contributed by atoms with Gasteiger partial charge in [0.05, 0.1) is 46.0 Å². The van der Waals surface area contributed by atoms with Crippen molar-refractivity contribution in [3.05, 3.63) is 76.9 Å². The summed E-state index contributed by atoms with van der Waals surface area (Å²) in [6.45, 7) is 0. The highest BCUT2D eigenvalue weighted by Crippen LogP contribution is 2.47. The van der Waals surface area contributed by atoms with Gasteiger partial charge < -0.3 is 29.2 Å². The fraction of sp³-hybridized carbons (Fsp3) is 0.286. The van der Waals surface area contributed by atoms with Crippen LogP contribution in [0.1, 0.15) is 39.0 Å². The van der Waals surface area contributed by atoms with E-state index in [1.807, 2.05) is 0 Å². The van der Waals surface area contributed by atoms with Crippen molar-refractivity contribution >= 4 is 17.5 Å². The van der Waals surface area contributed by atoms with Crippen molar-refractivity contribution in [2.75, 3.05) is 40.8 Å². The molecule has 0 fully saturated rings. The van der Waals surface area contributed by atoms with Crippen LogP contribution in [0.3, 0.4) is 0 Å². The summed E-state index contributed by atoms with van der Waals surface area (Å²) in [5.74, 6) is -0.398. The number of methoxy groups -OCH3 is 4. The Morgan fingerprint density at radius 1 is 0.821 bits per heavy atom. The number of fused-ring (bicyclic) bond motifs is 1. The number of hydrogen-bond donors (Lipinski definition) is 1. The van der Waals surface area contributed by atoms with Gasteiger partial charge in [-0.2, -0.15) is 13.2 Å². The molecule has 0 bridgehead atoms. The predicted molar refractivity (Wildman–Crippen MR) is 137 cm³/mol. The first-order valence-corrected chi connectivity index (χ1v) is 11.8. The molecule has 1 heterocycles. The van der Waals surface area contributed by atoms with Gasteiger partial charge in [0.15, 0.2) is 23.0 Å². The summed E-state index contributed by atoms with van der Waals surface area (Å²) < 4.78 is 60.7. The molecular formula is C28H27F3N2O6. The molecule has 0 spiro atoms. The average Bonchev–Trinajstić information content (AvgIpc) is 2.93. The van der Waals surface area contributed by atoms with Crippen LogP contribution in [0.25, 0.3) is 0 Å². The Hall–Kier alpha value is -4.41. The van der Waals surface area contributed by atoms with Gasteiger partial charge in [0.25, 0.3) is 5.91 Å². The summed E-state index contributed by atoms with van der Waals surface area (Å²) in [6.07, 6.45) is -4.51. The number of nitrogens with zero attached hydrogens (tertiary/aromatic N) is 1. The second kappa shape index (κ2) is 10.8. The molecule has 4 rings (SSSR count). The fourth-order valence-corrected chi connectivity index (χ4v) is 4.75. The smallest absolute Gasteiger partial charge is 0.416 e. The SMILES string of the molecule is COc1ccc([C@@H]2[C@H](C(=O)Nc3ccc(C(F)(F)F)cc3)c3cc(OC)c(OC)cc3C(=O)N2C)cc1OC. The summed E-state index contributed by atoms with van der Waals surface area (Å²) in [7, 11) is 7.40. The molecule has 39 heavy (non-hydrogen) atoms. The molecule has 3 aromatic carbocycles. The number of carbonyl (C=O) groups is 2. The molecule has 0 saturated heterocycles. The molecule has 11 heteroatoms. The van der Waals surface area contributed by atoms with Gasteiger partial charge in [-0.15, -0.1) is 0 Å². The zero-order chi connectivity index (χ0) is 28.5. The number of hydrogen-bond acceptors (Lipinski definition) is 6. The molecule has 0 saturated carbocycles. The summed E-state index contributed by atoms with van der Waals surface area (Å²) in [5, 5.41) is 2.71. The zero-order valence-electron chi connectivity index (χ0n) is 21.9. The molecule has 0 aromatic heterocycles. The maximum atomic E-state index is 13.9. The maximum Gasteiger partial charge on any atom is 0.416 e. The van der Waals surface area contributed by atoms with Crippen LogP contribution in [-0.2, 0) is 11.0 Å². The minimum atomic E-state index is -4.51. The van der Waals surface area contributed by atoms with Gasteiger partial charge in [-0.3, -0.25) is 9.59 Å². The number of anilines is 1. The normalized spacial score (nSPS) is 16.8. The lowest BCUT2D eigenvalue weighted by molar-refractivity contribution is -0.137. The van der Waals surface area contributed by atoms with Gasteiger partial charge in [-0.1, -0.05) is 6.07 Å². The van der Waals surface area contributed by atoms with E-state index < -0.39 is 29.6 Å². The van der Waals surface area contributed by atoms with Crippen LogP contribution in [-0.4, -0.2) is 52.2 Å². The van der Waals surface area contributed by atoms with Gasteiger partial charge in [0, 0.05) is 18.3 Å². The Morgan fingerprint density at radius 3 is 1.95 bits per heavy atom. The Bertz CT molecular complexity index is 1390. The first kappa shape index (κ1) is 27.6. The number of ether oxygens (including phenoxy) is 4. The number of rotatable bonds is 7. The standard InChI is InChI=1S/C28H27F3N2O6/c1-33-25(15-6-11-20(36-2)21(12-15)37-3)24(18-13-22(38-4)23(39-5)14-19(18)27(33)35)26(34)32-17-9-7-16(8-10-17)28(29,30)31/h6-14,24-25H,1-5H3,(H,32,34)/t24-,25-/m1/s1. The van der Waals surface area contributed by atoms with Gasteiger partial charge >= 0.3 is 6.18 Å². The zero-order valence-corrected chi connectivity index (χ0v) is 21.9. The van der Waals surface area contributed by atoms with Crippen LogP contribution in [0.2, 0.25) is 0 Å². The van der Waals surface area contributed by atoms with Crippen LogP contribution in [0.4, 0.5) is 18.9 Å². The van der Waals surface area contributed by atoms with E-state index in [9.17, 15) is 22.8 Å². The number of carbonyl (C=O) groups excluding carboxylic acids is 2. The van der Waals surface area contributed by atoms with Crippen molar-refractivity contribution in [2.45, 2.75) is 18.1 Å². The molecule has 1 N–H and O–H groups in total. The summed E-state index contributed by atoms with van der Waals surface area (Å²) in [4.78, 5) is 28.9. The van der Waals surface area contributed by atoms with E-state index >= 15 is 0 Å². The number of amides is 2. The van der Waals surface area contributed by atoms with Crippen molar-refractivity contribution in [3.63, 3.8) is 0 Å². The third kappa shape index (κ3) is 5.16. The minimum Gasteiger partial charge on any atom is -0.493 e. The Balaban J connectivity index is 1.85. The fourth-order valence-electron chi connectivity index (χ4n) is 4.75. The molecule has 8 nitrogen and oxygen atoms in total. The monoisotopic (exact) mass is 544 g/mol. The maximum absolute atomic E-state index is 13.9. The van der Waals surface area contributed by atoms with Gasteiger partial charge in [0.2, 0.25) is 5.91 Å². The van der Waals surface area contributed by atoms with Crippen molar-refractivity contribution in [1.82, 2.24) is 4.90 Å². The summed E-state index contributed by atoms with van der Waals surface area (Å²) in [5.41, 5.74) is 0.519. The van der Waals surface area contributed by atoms with Gasteiger partial charge in [-0.25, -0.2) is 0 Å². The second-order valence-electron chi connectivity index (χ2n) is 8.81. The highest BCUT2D eigenvalue weighted by Gasteiger charge is 2.44. The minimum absolute atomic E-state index is 0.167. The predicted octanol–water partition coefficient (Wildman–Crippen LogP) is 5.29. The van der Waals surface area contributed by atoms with Crippen molar-refractivity contribution in [3.8, 4) is 23.0 Å². The van der Waals surface area contributed by atoms with E-state index in [2.05, 4.69) is 5.32 Å². The van der Waals surface area contributed by atoms with E-state index in [1.54, 1.807) is 31.3 Å². The van der Waals surface area contributed by atoms with Crippen LogP contribution >= 0.6 is 0 Å². The topological polar surface area (TPSA) is 86.3 Å². The van der Waals surface area contributed by atoms with Crippen LogP contribution in [0.15, 0.2) is 54.6 Å². The van der Waals surface area contributed by atoms with Crippen molar-refractivity contribution < 1.29 is 41.7 Å². The van der Waals surface area contributed by atoms with E-state index in [0.717, 1.165) is 12.1 Å². The van der Waals surface area contributed by atoms with E-state index in [0.29, 0.717) is 34.1 Å². The molecule has 1 aliphatic heterocycles. The lowest BCUT2D eigenvalue weighted by Crippen LogP contribution is -2.44. The number of alkyl halides is 3. The number of benzene rings is 3. The average molecular weight is 545 g/mol. The van der Waals surface area contributed by atoms with Crippen LogP contribution in [0.5, 0.6) is 23.0 Å². The summed E-state index contributed by atoms with van der Waals surface area (Å²) >= 11 is 0. The quantitative estimate of drug-likeness (QED) is 0.435.